The number of hydrogen-bond acceptors (Lipinski definition) is 5. The zero-order valence-electron chi connectivity index (χ0n) is 16.5. The number of aromatic amines is 1. The van der Waals surface area contributed by atoms with Crippen LogP contribution in [0.25, 0.3) is 28.1 Å². The lowest BCUT2D eigenvalue weighted by Gasteiger charge is -2.15. The van der Waals surface area contributed by atoms with Gasteiger partial charge in [-0.15, -0.1) is 0 Å². The number of imidazole rings is 2. The van der Waals surface area contributed by atoms with E-state index in [1.165, 1.54) is 47.5 Å². The Kier molecular flexibility index (Phi) is 4.54. The van der Waals surface area contributed by atoms with Gasteiger partial charge in [-0.1, -0.05) is 12.1 Å². The van der Waals surface area contributed by atoms with Gasteiger partial charge in [-0.05, 0) is 31.2 Å². The van der Waals surface area contributed by atoms with Crippen LogP contribution < -0.4 is 5.32 Å². The van der Waals surface area contributed by atoms with Gasteiger partial charge in [-0.2, -0.15) is 13.2 Å². The Labute approximate surface area is 178 Å². The summed E-state index contributed by atoms with van der Waals surface area (Å²) in [5.74, 6) is -0.0933. The maximum absolute atomic E-state index is 14.0. The number of benzene rings is 1. The number of hydrogen-bond donors (Lipinski definition) is 2. The van der Waals surface area contributed by atoms with Crippen molar-refractivity contribution in [2.45, 2.75) is 19.1 Å². The first-order valence-corrected chi connectivity index (χ1v) is 9.57. The molecule has 4 aromatic heterocycles. The molecule has 0 aliphatic carbocycles. The first-order chi connectivity index (χ1) is 15.3. The molecule has 4 heterocycles. The molecule has 11 heteroatoms. The minimum atomic E-state index is -4.60. The number of fused-ring (bicyclic) bond motifs is 2. The average Bonchev–Trinajstić information content (AvgIpc) is 3.38. The zero-order valence-corrected chi connectivity index (χ0v) is 16.5. The Morgan fingerprint density at radius 1 is 1.09 bits per heavy atom. The average molecular weight is 441 g/mol. The van der Waals surface area contributed by atoms with Gasteiger partial charge >= 0.3 is 6.18 Å². The van der Waals surface area contributed by atoms with E-state index in [1.54, 1.807) is 13.0 Å². The maximum Gasteiger partial charge on any atom is 0.419 e. The number of nitrogens with zero attached hydrogens (tertiary/aromatic N) is 5. The summed E-state index contributed by atoms with van der Waals surface area (Å²) >= 11 is 0. The van der Waals surface area contributed by atoms with E-state index < -0.39 is 23.6 Å². The summed E-state index contributed by atoms with van der Waals surface area (Å²) in [5.41, 5.74) is 0.890. The van der Waals surface area contributed by atoms with Crippen LogP contribution in [0.4, 0.5) is 23.4 Å². The van der Waals surface area contributed by atoms with Crippen LogP contribution in [0.1, 0.15) is 24.2 Å². The Hall–Kier alpha value is -4.02. The number of alkyl halides is 3. The minimum Gasteiger partial charge on any atom is -0.360 e. The highest BCUT2D eigenvalue weighted by molar-refractivity contribution is 5.82. The van der Waals surface area contributed by atoms with Crippen molar-refractivity contribution in [3.8, 4) is 11.3 Å². The number of halogens is 4. The van der Waals surface area contributed by atoms with Gasteiger partial charge in [-0.3, -0.25) is 4.40 Å². The van der Waals surface area contributed by atoms with Crippen molar-refractivity contribution in [3.05, 3.63) is 72.3 Å². The van der Waals surface area contributed by atoms with Crippen LogP contribution in [0, 0.1) is 5.82 Å². The molecule has 0 bridgehead atoms. The van der Waals surface area contributed by atoms with Crippen LogP contribution in [0.5, 0.6) is 0 Å². The monoisotopic (exact) mass is 441 g/mol. The number of anilines is 1. The number of aromatic nitrogens is 6. The second-order valence-corrected chi connectivity index (χ2v) is 7.16. The lowest BCUT2D eigenvalue weighted by Crippen LogP contribution is -2.10. The molecule has 0 aliphatic heterocycles. The number of H-pyrrole nitrogens is 1. The molecule has 0 fully saturated rings. The van der Waals surface area contributed by atoms with Crippen molar-refractivity contribution in [3.63, 3.8) is 0 Å². The normalized spacial score (nSPS) is 13.0. The van der Waals surface area contributed by atoms with E-state index in [2.05, 4.69) is 30.2 Å². The summed E-state index contributed by atoms with van der Waals surface area (Å²) in [5, 5.41) is 3.16. The Morgan fingerprint density at radius 2 is 1.94 bits per heavy atom. The molecule has 0 radical (unpaired) electrons. The molecule has 1 atom stereocenters. The fourth-order valence-corrected chi connectivity index (χ4v) is 3.68. The molecule has 0 aliphatic rings. The van der Waals surface area contributed by atoms with Gasteiger partial charge in [0.15, 0.2) is 11.5 Å². The van der Waals surface area contributed by atoms with E-state index in [0.717, 1.165) is 6.07 Å². The Balaban J connectivity index is 1.70. The molecule has 5 aromatic rings. The molecule has 0 saturated carbocycles. The topological polar surface area (TPSA) is 83.8 Å². The standard InChI is InChI=1S/C21H15F4N7/c1-11(30-19-16-18(27-9-26-16)28-10-29-19)15-17(12-4-2-5-13(22)8-12)32-7-3-6-14(20(32)31-15)21(23,24)25/h2-11H,1H3,(H2,26,27,28,29,30). The molecule has 162 valence electrons. The van der Waals surface area contributed by atoms with Gasteiger partial charge in [0.2, 0.25) is 0 Å². The van der Waals surface area contributed by atoms with Crippen molar-refractivity contribution in [1.29, 1.82) is 0 Å². The summed E-state index contributed by atoms with van der Waals surface area (Å²) < 4.78 is 56.3. The van der Waals surface area contributed by atoms with E-state index >= 15 is 0 Å². The van der Waals surface area contributed by atoms with Crippen LogP contribution >= 0.6 is 0 Å². The fraction of sp³-hybridized carbons (Fsp3) is 0.143. The molecule has 0 amide bonds. The van der Waals surface area contributed by atoms with Gasteiger partial charge < -0.3 is 10.3 Å². The second kappa shape index (κ2) is 7.29. The summed E-state index contributed by atoms with van der Waals surface area (Å²) in [4.78, 5) is 19.6. The van der Waals surface area contributed by atoms with Crippen LogP contribution in [0.15, 0.2) is 55.2 Å². The van der Waals surface area contributed by atoms with Crippen molar-refractivity contribution in [1.82, 2.24) is 29.3 Å². The van der Waals surface area contributed by atoms with Crippen LogP contribution in [0.3, 0.4) is 0 Å². The van der Waals surface area contributed by atoms with Gasteiger partial charge in [0.1, 0.15) is 23.3 Å². The van der Waals surface area contributed by atoms with E-state index in [1.807, 2.05) is 0 Å². The summed E-state index contributed by atoms with van der Waals surface area (Å²) in [7, 11) is 0. The largest absolute Gasteiger partial charge is 0.419 e. The molecule has 2 N–H and O–H groups in total. The highest BCUT2D eigenvalue weighted by atomic mass is 19.4. The predicted molar refractivity (Wildman–Crippen MR) is 109 cm³/mol. The lowest BCUT2D eigenvalue weighted by molar-refractivity contribution is -0.136. The molecule has 32 heavy (non-hydrogen) atoms. The number of pyridine rings is 1. The van der Waals surface area contributed by atoms with Crippen LogP contribution in [-0.2, 0) is 6.18 Å². The first kappa shape index (κ1) is 19.9. The molecule has 0 spiro atoms. The van der Waals surface area contributed by atoms with Gasteiger partial charge in [-0.25, -0.2) is 24.3 Å². The molecule has 1 unspecified atom stereocenters. The number of nitrogens with one attached hydrogen (secondary N) is 2. The first-order valence-electron chi connectivity index (χ1n) is 9.57. The van der Waals surface area contributed by atoms with E-state index in [4.69, 9.17) is 0 Å². The summed E-state index contributed by atoms with van der Waals surface area (Å²) in [6.45, 7) is 1.74. The minimum absolute atomic E-state index is 0.266. The third-order valence-electron chi connectivity index (χ3n) is 5.07. The van der Waals surface area contributed by atoms with Crippen LogP contribution in [0.2, 0.25) is 0 Å². The third kappa shape index (κ3) is 3.31. The summed E-state index contributed by atoms with van der Waals surface area (Å²) in [6.07, 6.45) is -0.327. The fourth-order valence-electron chi connectivity index (χ4n) is 3.68. The molecule has 7 nitrogen and oxygen atoms in total. The van der Waals surface area contributed by atoms with Crippen molar-refractivity contribution < 1.29 is 17.6 Å². The smallest absolute Gasteiger partial charge is 0.360 e. The van der Waals surface area contributed by atoms with Gasteiger partial charge in [0.25, 0.3) is 0 Å². The highest BCUT2D eigenvalue weighted by Gasteiger charge is 2.35. The SMILES string of the molecule is CC(Nc1ncnc2nc[nH]c12)c1nc2c(C(F)(F)F)cccn2c1-c1cccc(F)c1. The maximum atomic E-state index is 14.0. The third-order valence-corrected chi connectivity index (χ3v) is 5.07. The van der Waals surface area contributed by atoms with Crippen molar-refractivity contribution in [2.75, 3.05) is 5.32 Å². The molecule has 0 saturated heterocycles. The molecule has 1 aromatic carbocycles. The Morgan fingerprint density at radius 3 is 2.72 bits per heavy atom. The van der Waals surface area contributed by atoms with E-state index in [9.17, 15) is 17.6 Å². The number of rotatable bonds is 4. The molecular weight excluding hydrogens is 426 g/mol. The molecule has 5 rings (SSSR count). The van der Waals surface area contributed by atoms with Crippen molar-refractivity contribution >= 4 is 22.6 Å². The molecular formula is C21H15F4N7. The van der Waals surface area contributed by atoms with E-state index in [-0.39, 0.29) is 5.65 Å². The highest BCUT2D eigenvalue weighted by Crippen LogP contribution is 2.37. The zero-order chi connectivity index (χ0) is 22.5. The summed E-state index contributed by atoms with van der Waals surface area (Å²) in [6, 6.07) is 7.33. The van der Waals surface area contributed by atoms with Crippen LogP contribution in [-0.4, -0.2) is 29.3 Å². The predicted octanol–water partition coefficient (Wildman–Crippen LogP) is 5.00. The van der Waals surface area contributed by atoms with Crippen molar-refractivity contribution in [2.24, 2.45) is 0 Å². The quantitative estimate of drug-likeness (QED) is 0.384. The second-order valence-electron chi connectivity index (χ2n) is 7.16. The van der Waals surface area contributed by atoms with Gasteiger partial charge in [0, 0.05) is 11.8 Å². The van der Waals surface area contributed by atoms with E-state index in [0.29, 0.717) is 33.9 Å². The van der Waals surface area contributed by atoms with Gasteiger partial charge in [0.05, 0.1) is 29.3 Å². The lowest BCUT2D eigenvalue weighted by atomic mass is 10.1. The Bertz CT molecular complexity index is 1440.